The monoisotopic (exact) mass is 215 g/mol. The van der Waals surface area contributed by atoms with Crippen molar-refractivity contribution in [2.45, 2.75) is 44.7 Å². The van der Waals surface area contributed by atoms with Crippen LogP contribution in [-0.4, -0.2) is 36.4 Å². The minimum atomic E-state index is -0.863. The molecular weight excluding hydrogens is 194 g/mol. The summed E-state index contributed by atoms with van der Waals surface area (Å²) in [6.07, 6.45) is 2.93. The Bertz CT molecular complexity index is 228. The molecule has 1 rings (SSSR count). The minimum Gasteiger partial charge on any atom is -0.480 e. The Kier molecular flexibility index (Phi) is 4.11. The lowest BCUT2D eigenvalue weighted by atomic mass is 9.96. The number of methoxy groups -OCH3 is 1. The number of aliphatic carboxylic acids is 1. The maximum Gasteiger partial charge on any atom is 0.323 e. The van der Waals surface area contributed by atoms with Crippen LogP contribution in [0.25, 0.3) is 0 Å². The van der Waals surface area contributed by atoms with E-state index in [1.165, 1.54) is 12.8 Å². The van der Waals surface area contributed by atoms with Gasteiger partial charge in [0.1, 0.15) is 5.54 Å². The molecule has 0 aromatic carbocycles. The number of nitrogens with one attached hydrogen (secondary N) is 1. The first-order valence-electron chi connectivity index (χ1n) is 5.49. The van der Waals surface area contributed by atoms with Gasteiger partial charge in [-0.1, -0.05) is 0 Å². The highest BCUT2D eigenvalue weighted by atomic mass is 16.5. The molecule has 0 spiro atoms. The molecule has 0 aliphatic heterocycles. The first kappa shape index (κ1) is 12.5. The van der Waals surface area contributed by atoms with Gasteiger partial charge in [0.25, 0.3) is 0 Å². The predicted octanol–water partition coefficient (Wildman–Crippen LogP) is 1.25. The van der Waals surface area contributed by atoms with E-state index >= 15 is 0 Å². The van der Waals surface area contributed by atoms with Gasteiger partial charge in [-0.3, -0.25) is 10.1 Å². The highest BCUT2D eigenvalue weighted by Crippen LogP contribution is 2.33. The second-order valence-corrected chi connectivity index (χ2v) is 4.65. The molecule has 0 heterocycles. The summed E-state index contributed by atoms with van der Waals surface area (Å²) in [6.45, 7) is 4.26. The molecule has 15 heavy (non-hydrogen) atoms. The zero-order valence-electron chi connectivity index (χ0n) is 9.75. The van der Waals surface area contributed by atoms with E-state index in [1.807, 2.05) is 0 Å². The van der Waals surface area contributed by atoms with Crippen molar-refractivity contribution in [2.75, 3.05) is 13.7 Å². The number of hydrogen-bond acceptors (Lipinski definition) is 3. The molecule has 1 saturated carbocycles. The molecular formula is C11H21NO3. The van der Waals surface area contributed by atoms with Gasteiger partial charge in [-0.15, -0.1) is 0 Å². The van der Waals surface area contributed by atoms with Gasteiger partial charge in [-0.05, 0) is 39.0 Å². The first-order valence-corrected chi connectivity index (χ1v) is 5.49. The molecule has 0 aromatic heterocycles. The fourth-order valence-electron chi connectivity index (χ4n) is 1.76. The number of hydrogen-bond donors (Lipinski definition) is 2. The first-order chi connectivity index (χ1) is 6.99. The van der Waals surface area contributed by atoms with E-state index in [4.69, 9.17) is 4.74 Å². The van der Waals surface area contributed by atoms with Crippen LogP contribution in [0.5, 0.6) is 0 Å². The summed E-state index contributed by atoms with van der Waals surface area (Å²) in [6, 6.07) is 0.281. The Morgan fingerprint density at radius 1 is 1.67 bits per heavy atom. The Hall–Kier alpha value is -0.610. The van der Waals surface area contributed by atoms with Gasteiger partial charge in [0.15, 0.2) is 0 Å². The quantitative estimate of drug-likeness (QED) is 0.671. The van der Waals surface area contributed by atoms with Crippen LogP contribution < -0.4 is 5.32 Å². The molecule has 0 amide bonds. The topological polar surface area (TPSA) is 58.6 Å². The Balaban J connectivity index is 2.50. The lowest BCUT2D eigenvalue weighted by Crippen LogP contribution is -2.54. The van der Waals surface area contributed by atoms with Crippen molar-refractivity contribution in [2.24, 2.45) is 5.92 Å². The molecule has 0 aromatic rings. The third kappa shape index (κ3) is 3.47. The van der Waals surface area contributed by atoms with Crippen LogP contribution in [0.3, 0.4) is 0 Å². The van der Waals surface area contributed by atoms with Crippen LogP contribution in [0, 0.1) is 5.92 Å². The van der Waals surface area contributed by atoms with Gasteiger partial charge in [-0.2, -0.15) is 0 Å². The number of carbonyl (C=O) groups is 1. The molecule has 2 atom stereocenters. The van der Waals surface area contributed by atoms with Gasteiger partial charge >= 0.3 is 5.97 Å². The van der Waals surface area contributed by atoms with Crippen molar-refractivity contribution in [1.29, 1.82) is 0 Å². The van der Waals surface area contributed by atoms with Gasteiger partial charge in [0, 0.05) is 19.8 Å². The number of carboxylic acids is 1. The molecule has 4 nitrogen and oxygen atoms in total. The Morgan fingerprint density at radius 2 is 2.27 bits per heavy atom. The van der Waals surface area contributed by atoms with E-state index in [-0.39, 0.29) is 6.04 Å². The fraction of sp³-hybridized carbons (Fsp3) is 0.909. The lowest BCUT2D eigenvalue weighted by molar-refractivity contribution is -0.145. The molecule has 0 bridgehead atoms. The second kappa shape index (κ2) is 4.94. The summed E-state index contributed by atoms with van der Waals surface area (Å²) >= 11 is 0. The molecule has 2 N–H and O–H groups in total. The number of carboxylic acid groups (broad SMARTS) is 1. The molecule has 88 valence electrons. The van der Waals surface area contributed by atoms with Crippen molar-refractivity contribution in [3.63, 3.8) is 0 Å². The van der Waals surface area contributed by atoms with Crippen molar-refractivity contribution in [3.8, 4) is 0 Å². The van der Waals surface area contributed by atoms with E-state index in [9.17, 15) is 9.90 Å². The van der Waals surface area contributed by atoms with Crippen molar-refractivity contribution >= 4 is 5.97 Å². The van der Waals surface area contributed by atoms with Gasteiger partial charge < -0.3 is 9.84 Å². The van der Waals surface area contributed by atoms with Gasteiger partial charge in [0.05, 0.1) is 0 Å². The summed E-state index contributed by atoms with van der Waals surface area (Å²) in [5.41, 5.74) is -0.863. The number of ether oxygens (including phenoxy) is 1. The molecule has 1 aliphatic carbocycles. The summed E-state index contributed by atoms with van der Waals surface area (Å²) in [4.78, 5) is 11.2. The Morgan fingerprint density at radius 3 is 2.67 bits per heavy atom. The van der Waals surface area contributed by atoms with Crippen LogP contribution >= 0.6 is 0 Å². The minimum absolute atomic E-state index is 0.281. The van der Waals surface area contributed by atoms with Gasteiger partial charge in [0.2, 0.25) is 0 Å². The van der Waals surface area contributed by atoms with Crippen LogP contribution in [0.1, 0.15) is 33.1 Å². The molecule has 4 heteroatoms. The standard InChI is InChI=1S/C11H21NO3/c1-8(9-4-5-9)12-11(2,10(13)14)6-7-15-3/h8-9,12H,4-7H2,1-3H3,(H,13,14). The van der Waals surface area contributed by atoms with Crippen LogP contribution in [0.15, 0.2) is 0 Å². The summed E-state index contributed by atoms with van der Waals surface area (Å²) < 4.78 is 4.94. The third-order valence-corrected chi connectivity index (χ3v) is 3.15. The zero-order valence-corrected chi connectivity index (χ0v) is 9.75. The van der Waals surface area contributed by atoms with E-state index in [0.29, 0.717) is 18.9 Å². The van der Waals surface area contributed by atoms with E-state index in [1.54, 1.807) is 14.0 Å². The maximum atomic E-state index is 11.2. The van der Waals surface area contributed by atoms with Crippen LogP contribution in [-0.2, 0) is 9.53 Å². The van der Waals surface area contributed by atoms with E-state index in [2.05, 4.69) is 12.2 Å². The molecule has 1 aliphatic rings. The van der Waals surface area contributed by atoms with Crippen molar-refractivity contribution in [3.05, 3.63) is 0 Å². The lowest BCUT2D eigenvalue weighted by Gasteiger charge is -2.30. The second-order valence-electron chi connectivity index (χ2n) is 4.65. The van der Waals surface area contributed by atoms with E-state index in [0.717, 1.165) is 0 Å². The van der Waals surface area contributed by atoms with Crippen molar-refractivity contribution in [1.82, 2.24) is 5.32 Å². The summed E-state index contributed by atoms with van der Waals surface area (Å²) in [5, 5.41) is 12.4. The molecule has 0 saturated heterocycles. The van der Waals surface area contributed by atoms with Gasteiger partial charge in [-0.25, -0.2) is 0 Å². The SMILES string of the molecule is COCCC(C)(NC(C)C1CC1)C(=O)O. The largest absolute Gasteiger partial charge is 0.480 e. The predicted molar refractivity (Wildman–Crippen MR) is 57.9 cm³/mol. The average molecular weight is 215 g/mol. The highest BCUT2D eigenvalue weighted by molar-refractivity contribution is 5.78. The maximum absolute atomic E-state index is 11.2. The molecule has 0 radical (unpaired) electrons. The van der Waals surface area contributed by atoms with Crippen LogP contribution in [0.4, 0.5) is 0 Å². The smallest absolute Gasteiger partial charge is 0.323 e. The van der Waals surface area contributed by atoms with E-state index < -0.39 is 11.5 Å². The fourth-order valence-corrected chi connectivity index (χ4v) is 1.76. The summed E-state index contributed by atoms with van der Waals surface area (Å²) in [7, 11) is 1.59. The normalized spacial score (nSPS) is 22.1. The highest BCUT2D eigenvalue weighted by Gasteiger charge is 2.38. The Labute approximate surface area is 91.0 Å². The van der Waals surface area contributed by atoms with Crippen LogP contribution in [0.2, 0.25) is 0 Å². The average Bonchev–Trinajstić information content (AvgIpc) is 2.97. The van der Waals surface area contributed by atoms with Crippen molar-refractivity contribution < 1.29 is 14.6 Å². The third-order valence-electron chi connectivity index (χ3n) is 3.15. The summed E-state index contributed by atoms with van der Waals surface area (Å²) in [5.74, 6) is -0.140. The molecule has 1 fully saturated rings. The number of rotatable bonds is 7. The zero-order chi connectivity index (χ0) is 11.5. The molecule has 2 unspecified atom stereocenters.